The zero-order chi connectivity index (χ0) is 28.5. The van der Waals surface area contributed by atoms with Crippen LogP contribution in [-0.4, -0.2) is 93.6 Å². The van der Waals surface area contributed by atoms with Crippen molar-refractivity contribution in [3.05, 3.63) is 36.0 Å². The normalized spacial score (nSPS) is 17.3. The summed E-state index contributed by atoms with van der Waals surface area (Å²) in [4.78, 5) is 59.5. The number of rotatable bonds is 13. The lowest BCUT2D eigenvalue weighted by Crippen LogP contribution is -2.58. The smallest absolute Gasteiger partial charge is 0.326 e. The summed E-state index contributed by atoms with van der Waals surface area (Å²) in [5.74, 6) is -3.17. The van der Waals surface area contributed by atoms with Gasteiger partial charge in [0.05, 0.1) is 6.61 Å². The second-order valence-electron chi connectivity index (χ2n) is 9.45. The fraction of sp³-hybridized carbons (Fsp3) is 0.480. The standard InChI is InChI=1S/C25H36N8O6/c26-16(13-34)21(35)32-19(11-14-12-30-17-6-2-1-5-15(14)17)22(36)31-18(7-3-9-29-25(27)28)23(37)33-10-4-8-20(33)24(38)39/h1-2,5-6,12,16,18-20,30,34H,3-4,7-11,13,26H2,(H,31,36)(H,32,35)(H,38,39)(H4,27,28,29). The molecule has 14 heteroatoms. The van der Waals surface area contributed by atoms with E-state index in [1.54, 1.807) is 6.20 Å². The minimum absolute atomic E-state index is 0.0656. The van der Waals surface area contributed by atoms with Crippen molar-refractivity contribution in [1.29, 1.82) is 0 Å². The molecule has 0 spiro atoms. The Kier molecular flexibility index (Phi) is 10.2. The number of nitrogens with zero attached hydrogens (tertiary/aromatic N) is 2. The zero-order valence-electron chi connectivity index (χ0n) is 21.5. The van der Waals surface area contributed by atoms with E-state index < -0.39 is 54.5 Å². The van der Waals surface area contributed by atoms with Crippen LogP contribution in [0.4, 0.5) is 0 Å². The molecule has 1 saturated heterocycles. The summed E-state index contributed by atoms with van der Waals surface area (Å²) in [6, 6.07) is 2.98. The highest BCUT2D eigenvalue weighted by molar-refractivity contribution is 5.95. The average Bonchev–Trinajstić information content (AvgIpc) is 3.56. The van der Waals surface area contributed by atoms with Gasteiger partial charge in [0.2, 0.25) is 17.7 Å². The van der Waals surface area contributed by atoms with Crippen molar-refractivity contribution in [1.82, 2.24) is 20.5 Å². The minimum atomic E-state index is -1.25. The number of aliphatic hydroxyl groups excluding tert-OH is 1. The maximum Gasteiger partial charge on any atom is 0.326 e. The molecule has 39 heavy (non-hydrogen) atoms. The van der Waals surface area contributed by atoms with Crippen LogP contribution in [0.15, 0.2) is 35.5 Å². The number of aliphatic imine (C=N–C) groups is 1. The number of amides is 3. The third-order valence-electron chi connectivity index (χ3n) is 6.65. The first-order valence-corrected chi connectivity index (χ1v) is 12.7. The molecule has 14 nitrogen and oxygen atoms in total. The van der Waals surface area contributed by atoms with E-state index in [4.69, 9.17) is 17.2 Å². The lowest BCUT2D eigenvalue weighted by atomic mass is 10.0. The van der Waals surface area contributed by atoms with E-state index in [9.17, 15) is 29.4 Å². The van der Waals surface area contributed by atoms with E-state index in [2.05, 4.69) is 20.6 Å². The van der Waals surface area contributed by atoms with Crippen LogP contribution in [0.5, 0.6) is 0 Å². The first kappa shape index (κ1) is 29.4. The zero-order valence-corrected chi connectivity index (χ0v) is 21.5. The average molecular weight is 545 g/mol. The molecule has 1 aromatic carbocycles. The van der Waals surface area contributed by atoms with Crippen LogP contribution in [0, 0.1) is 0 Å². The molecular weight excluding hydrogens is 508 g/mol. The van der Waals surface area contributed by atoms with Gasteiger partial charge in [0.15, 0.2) is 5.96 Å². The van der Waals surface area contributed by atoms with E-state index in [1.165, 1.54) is 4.90 Å². The van der Waals surface area contributed by atoms with Crippen LogP contribution in [0.2, 0.25) is 0 Å². The summed E-state index contributed by atoms with van der Waals surface area (Å²) in [5, 5.41) is 25.0. The Labute approximate surface area is 225 Å². The molecule has 212 valence electrons. The predicted molar refractivity (Wildman–Crippen MR) is 143 cm³/mol. The molecule has 0 aliphatic carbocycles. The van der Waals surface area contributed by atoms with Gasteiger partial charge in [-0.1, -0.05) is 18.2 Å². The maximum atomic E-state index is 13.5. The van der Waals surface area contributed by atoms with Gasteiger partial charge in [-0.2, -0.15) is 0 Å². The molecule has 0 saturated carbocycles. The fourth-order valence-corrected chi connectivity index (χ4v) is 4.61. The Bertz CT molecular complexity index is 1210. The molecule has 4 unspecified atom stereocenters. The lowest BCUT2D eigenvalue weighted by molar-refractivity contribution is -0.149. The van der Waals surface area contributed by atoms with Gasteiger partial charge >= 0.3 is 5.97 Å². The van der Waals surface area contributed by atoms with Gasteiger partial charge in [-0.15, -0.1) is 0 Å². The second-order valence-corrected chi connectivity index (χ2v) is 9.45. The number of nitrogens with one attached hydrogen (secondary N) is 3. The number of carbonyl (C=O) groups is 4. The number of para-hydroxylation sites is 1. The number of nitrogens with two attached hydrogens (primary N) is 3. The minimum Gasteiger partial charge on any atom is -0.480 e. The third-order valence-corrected chi connectivity index (χ3v) is 6.65. The van der Waals surface area contributed by atoms with Crippen LogP contribution in [0.3, 0.4) is 0 Å². The van der Waals surface area contributed by atoms with Crippen molar-refractivity contribution in [2.24, 2.45) is 22.2 Å². The summed E-state index contributed by atoms with van der Waals surface area (Å²) in [6.45, 7) is -0.174. The summed E-state index contributed by atoms with van der Waals surface area (Å²) < 4.78 is 0. The number of aromatic amines is 1. The molecule has 11 N–H and O–H groups in total. The number of H-pyrrole nitrogens is 1. The number of aliphatic hydroxyl groups is 1. The maximum absolute atomic E-state index is 13.5. The Hall–Kier alpha value is -4.17. The van der Waals surface area contributed by atoms with Gasteiger partial charge < -0.3 is 47.9 Å². The molecular formula is C25H36N8O6. The summed E-state index contributed by atoms with van der Waals surface area (Å²) in [5.41, 5.74) is 18.0. The van der Waals surface area contributed by atoms with Crippen LogP contribution < -0.4 is 27.8 Å². The van der Waals surface area contributed by atoms with Crippen LogP contribution >= 0.6 is 0 Å². The van der Waals surface area contributed by atoms with Crippen LogP contribution in [0.1, 0.15) is 31.2 Å². The summed E-state index contributed by atoms with van der Waals surface area (Å²) >= 11 is 0. The molecule has 2 heterocycles. The molecule has 1 aliphatic heterocycles. The second kappa shape index (κ2) is 13.6. The van der Waals surface area contributed by atoms with Gasteiger partial charge in [-0.25, -0.2) is 4.79 Å². The molecule has 0 bridgehead atoms. The lowest BCUT2D eigenvalue weighted by Gasteiger charge is -2.29. The summed E-state index contributed by atoms with van der Waals surface area (Å²) in [6.07, 6.45) is 3.09. The van der Waals surface area contributed by atoms with Gasteiger partial charge in [0, 0.05) is 36.6 Å². The van der Waals surface area contributed by atoms with E-state index in [0.29, 0.717) is 19.3 Å². The van der Waals surface area contributed by atoms with E-state index in [1.807, 2.05) is 24.3 Å². The van der Waals surface area contributed by atoms with Gasteiger partial charge in [-0.05, 0) is 37.3 Å². The molecule has 0 radical (unpaired) electrons. The van der Waals surface area contributed by atoms with Crippen molar-refractivity contribution in [3.8, 4) is 0 Å². The molecule has 3 rings (SSSR count). The Balaban J connectivity index is 1.84. The summed E-state index contributed by atoms with van der Waals surface area (Å²) in [7, 11) is 0. The predicted octanol–water partition coefficient (Wildman–Crippen LogP) is -1.87. The van der Waals surface area contributed by atoms with E-state index in [-0.39, 0.29) is 31.9 Å². The number of aromatic nitrogens is 1. The molecule has 1 aliphatic rings. The number of fused-ring (bicyclic) bond motifs is 1. The number of carbonyl (C=O) groups excluding carboxylic acids is 3. The highest BCUT2D eigenvalue weighted by Gasteiger charge is 2.38. The first-order chi connectivity index (χ1) is 18.6. The van der Waals surface area contributed by atoms with Crippen molar-refractivity contribution in [2.45, 2.75) is 56.3 Å². The quantitative estimate of drug-likeness (QED) is 0.0798. The largest absolute Gasteiger partial charge is 0.480 e. The number of carboxylic acid groups (broad SMARTS) is 1. The van der Waals surface area contributed by atoms with Gasteiger partial charge in [0.25, 0.3) is 0 Å². The van der Waals surface area contributed by atoms with Gasteiger partial charge in [0.1, 0.15) is 24.2 Å². The highest BCUT2D eigenvalue weighted by Crippen LogP contribution is 2.21. The van der Waals surface area contributed by atoms with Crippen molar-refractivity contribution in [3.63, 3.8) is 0 Å². The fourth-order valence-electron chi connectivity index (χ4n) is 4.61. The van der Waals surface area contributed by atoms with Crippen molar-refractivity contribution < 1.29 is 29.4 Å². The van der Waals surface area contributed by atoms with Crippen LogP contribution in [-0.2, 0) is 25.6 Å². The molecule has 4 atom stereocenters. The Morgan fingerprint density at radius 3 is 2.54 bits per heavy atom. The van der Waals surface area contributed by atoms with Gasteiger partial charge in [-0.3, -0.25) is 19.4 Å². The number of likely N-dealkylation sites (tertiary alicyclic amines) is 1. The number of carboxylic acids is 1. The monoisotopic (exact) mass is 544 g/mol. The highest BCUT2D eigenvalue weighted by atomic mass is 16.4. The molecule has 1 aromatic heterocycles. The third kappa shape index (κ3) is 7.67. The molecule has 1 fully saturated rings. The Morgan fingerprint density at radius 2 is 1.85 bits per heavy atom. The number of hydrogen-bond donors (Lipinski definition) is 8. The van der Waals surface area contributed by atoms with E-state index >= 15 is 0 Å². The molecule has 2 aromatic rings. The van der Waals surface area contributed by atoms with E-state index in [0.717, 1.165) is 16.5 Å². The van der Waals surface area contributed by atoms with Crippen molar-refractivity contribution in [2.75, 3.05) is 19.7 Å². The van der Waals surface area contributed by atoms with Crippen LogP contribution in [0.25, 0.3) is 10.9 Å². The topological polar surface area (TPSA) is 242 Å². The first-order valence-electron chi connectivity index (χ1n) is 12.7. The number of aliphatic carboxylic acids is 1. The number of hydrogen-bond acceptors (Lipinski definition) is 7. The SMILES string of the molecule is NC(N)=NCCCC(NC(=O)C(Cc1c[nH]c2ccccc12)NC(=O)C(N)CO)C(=O)N1CCCC1C(=O)O. The molecule has 3 amide bonds. The van der Waals surface area contributed by atoms with Crippen molar-refractivity contribution >= 4 is 40.6 Å². The number of guanidine groups is 1. The Morgan fingerprint density at radius 1 is 1.13 bits per heavy atom. The number of benzene rings is 1.